The van der Waals surface area contributed by atoms with E-state index in [1.165, 1.54) is 57.8 Å². The van der Waals surface area contributed by atoms with Crippen LogP contribution in [-0.4, -0.2) is 18.5 Å². The minimum atomic E-state index is -1.31. The molecule has 0 fully saturated rings. The van der Waals surface area contributed by atoms with Crippen molar-refractivity contribution in [1.29, 1.82) is 0 Å². The van der Waals surface area contributed by atoms with Crippen molar-refractivity contribution in [3.63, 3.8) is 0 Å². The summed E-state index contributed by atoms with van der Waals surface area (Å²) >= 11 is 0. The zero-order chi connectivity index (χ0) is 18.9. The molecule has 0 saturated carbocycles. The molecule has 0 saturated heterocycles. The van der Waals surface area contributed by atoms with Crippen molar-refractivity contribution >= 4 is 11.9 Å². The Morgan fingerprint density at radius 3 is 1.69 bits per heavy atom. The van der Waals surface area contributed by atoms with Crippen LogP contribution < -0.4 is 34.7 Å². The summed E-state index contributed by atoms with van der Waals surface area (Å²) < 4.78 is 4.98. The van der Waals surface area contributed by atoms with Crippen LogP contribution >= 0.6 is 0 Å². The van der Waals surface area contributed by atoms with E-state index in [-0.39, 0.29) is 35.1 Å². The number of rotatable bonds is 17. The van der Waals surface area contributed by atoms with Crippen LogP contribution in [0.2, 0.25) is 0 Å². The predicted octanol–water partition coefficient (Wildman–Crippen LogP) is 1.57. The standard InChI is InChI=1S/C21H38O4.Na/c1-18(2)15-13-11-9-7-5-4-6-8-10-12-14-16-25-21(24)19(3)17-20(22)23;/h18H,3-17H2,1-2H3,(H,22,23);/q;+1/p-1. The molecule has 0 radical (unpaired) electrons. The SMILES string of the molecule is C=C(CC(=O)[O-])C(=O)OCCCCCCCCCCCCCC(C)C.[Na+]. The van der Waals surface area contributed by atoms with Crippen molar-refractivity contribution in [1.82, 2.24) is 0 Å². The van der Waals surface area contributed by atoms with E-state index < -0.39 is 18.4 Å². The summed E-state index contributed by atoms with van der Waals surface area (Å²) in [5.41, 5.74) is -0.0517. The van der Waals surface area contributed by atoms with Gasteiger partial charge in [0.2, 0.25) is 0 Å². The van der Waals surface area contributed by atoms with Crippen LogP contribution in [0.3, 0.4) is 0 Å². The largest absolute Gasteiger partial charge is 1.00 e. The van der Waals surface area contributed by atoms with Gasteiger partial charge in [0.15, 0.2) is 0 Å². The number of unbranched alkanes of at least 4 members (excludes halogenated alkanes) is 10. The van der Waals surface area contributed by atoms with E-state index in [1.807, 2.05) is 0 Å². The molecule has 0 heterocycles. The van der Waals surface area contributed by atoms with Crippen LogP contribution in [-0.2, 0) is 14.3 Å². The molecule has 0 aliphatic rings. The smallest absolute Gasteiger partial charge is 0.550 e. The van der Waals surface area contributed by atoms with Gasteiger partial charge in [-0.25, -0.2) is 4.79 Å². The maximum atomic E-state index is 11.4. The number of carboxylic acid groups (broad SMARTS) is 1. The van der Waals surface area contributed by atoms with Crippen LogP contribution in [0.1, 0.15) is 97.3 Å². The molecule has 146 valence electrons. The third-order valence-electron chi connectivity index (χ3n) is 4.31. The van der Waals surface area contributed by atoms with E-state index in [0.29, 0.717) is 6.61 Å². The molecule has 0 aliphatic carbocycles. The molecule has 0 aromatic rings. The van der Waals surface area contributed by atoms with Gasteiger partial charge >= 0.3 is 35.5 Å². The molecular formula is C21H37NaO4. The Balaban J connectivity index is 0. The van der Waals surface area contributed by atoms with Crippen molar-refractivity contribution in [2.75, 3.05) is 6.61 Å². The monoisotopic (exact) mass is 376 g/mol. The van der Waals surface area contributed by atoms with Gasteiger partial charge < -0.3 is 14.6 Å². The summed E-state index contributed by atoms with van der Waals surface area (Å²) in [4.78, 5) is 21.7. The fraction of sp³-hybridized carbons (Fsp3) is 0.810. The number of carbonyl (C=O) groups excluding carboxylic acids is 2. The molecule has 26 heavy (non-hydrogen) atoms. The number of ether oxygens (including phenoxy) is 1. The Hall–Kier alpha value is -0.320. The van der Waals surface area contributed by atoms with Crippen LogP contribution in [0.25, 0.3) is 0 Å². The van der Waals surface area contributed by atoms with Crippen molar-refractivity contribution in [3.05, 3.63) is 12.2 Å². The van der Waals surface area contributed by atoms with Gasteiger partial charge in [-0.3, -0.25) is 0 Å². The molecule has 0 N–H and O–H groups in total. The summed E-state index contributed by atoms with van der Waals surface area (Å²) in [5.74, 6) is -1.10. The normalized spacial score (nSPS) is 10.4. The number of esters is 1. The van der Waals surface area contributed by atoms with Crippen molar-refractivity contribution in [2.24, 2.45) is 5.92 Å². The minimum Gasteiger partial charge on any atom is -0.550 e. The zero-order valence-corrected chi connectivity index (χ0v) is 19.3. The van der Waals surface area contributed by atoms with Gasteiger partial charge in [-0.2, -0.15) is 0 Å². The van der Waals surface area contributed by atoms with Crippen molar-refractivity contribution < 1.29 is 49.0 Å². The molecule has 0 rings (SSSR count). The van der Waals surface area contributed by atoms with Gasteiger partial charge in [0, 0.05) is 18.0 Å². The molecule has 0 aromatic heterocycles. The number of hydrogen-bond donors (Lipinski definition) is 0. The average molecular weight is 377 g/mol. The van der Waals surface area contributed by atoms with E-state index >= 15 is 0 Å². The summed E-state index contributed by atoms with van der Waals surface area (Å²) in [7, 11) is 0. The molecule has 4 nitrogen and oxygen atoms in total. The average Bonchev–Trinajstić information content (AvgIpc) is 2.53. The Bertz CT molecular complexity index is 380. The quantitative estimate of drug-likeness (QED) is 0.167. The second-order valence-electron chi connectivity index (χ2n) is 7.36. The molecule has 5 heteroatoms. The zero-order valence-electron chi connectivity index (χ0n) is 17.3. The third-order valence-corrected chi connectivity index (χ3v) is 4.31. The molecule has 0 atom stereocenters. The Morgan fingerprint density at radius 2 is 1.27 bits per heavy atom. The van der Waals surface area contributed by atoms with Gasteiger partial charge in [0.1, 0.15) is 0 Å². The van der Waals surface area contributed by atoms with E-state index in [9.17, 15) is 14.7 Å². The summed E-state index contributed by atoms with van der Waals surface area (Å²) in [6.07, 6.45) is 14.6. The Morgan fingerprint density at radius 1 is 0.846 bits per heavy atom. The summed E-state index contributed by atoms with van der Waals surface area (Å²) in [6.45, 7) is 8.30. The Labute approximate surface area is 182 Å². The van der Waals surface area contributed by atoms with Gasteiger partial charge in [-0.15, -0.1) is 0 Å². The molecule has 0 aliphatic heterocycles. The third kappa shape index (κ3) is 20.0. The molecule has 0 unspecified atom stereocenters. The number of aliphatic carboxylic acids is 1. The number of hydrogen-bond acceptors (Lipinski definition) is 4. The number of carboxylic acids is 1. The van der Waals surface area contributed by atoms with Crippen molar-refractivity contribution in [2.45, 2.75) is 97.3 Å². The van der Waals surface area contributed by atoms with Gasteiger partial charge in [-0.1, -0.05) is 91.1 Å². The molecular weight excluding hydrogens is 339 g/mol. The molecule has 0 amide bonds. The number of carbonyl (C=O) groups is 2. The summed E-state index contributed by atoms with van der Waals surface area (Å²) in [6, 6.07) is 0. The maximum Gasteiger partial charge on any atom is 1.00 e. The first-order valence-corrected chi connectivity index (χ1v) is 9.98. The van der Waals surface area contributed by atoms with Crippen LogP contribution in [0, 0.1) is 5.92 Å². The van der Waals surface area contributed by atoms with Gasteiger partial charge in [0.25, 0.3) is 0 Å². The van der Waals surface area contributed by atoms with Crippen LogP contribution in [0.4, 0.5) is 0 Å². The van der Waals surface area contributed by atoms with Gasteiger partial charge in [0.05, 0.1) is 6.61 Å². The van der Waals surface area contributed by atoms with Crippen LogP contribution in [0.5, 0.6) is 0 Å². The fourth-order valence-electron chi connectivity index (χ4n) is 2.76. The van der Waals surface area contributed by atoms with Crippen molar-refractivity contribution in [3.8, 4) is 0 Å². The first-order valence-electron chi connectivity index (χ1n) is 9.98. The van der Waals surface area contributed by atoms with E-state index in [0.717, 1.165) is 25.2 Å². The predicted molar refractivity (Wildman–Crippen MR) is 100.0 cm³/mol. The first-order chi connectivity index (χ1) is 11.9. The fourth-order valence-corrected chi connectivity index (χ4v) is 2.76. The molecule has 0 aromatic carbocycles. The molecule has 0 bridgehead atoms. The maximum absolute atomic E-state index is 11.4. The Kier molecular flexibility index (Phi) is 20.9. The van der Waals surface area contributed by atoms with Gasteiger partial charge in [-0.05, 0) is 12.3 Å². The summed E-state index contributed by atoms with van der Waals surface area (Å²) in [5, 5.41) is 10.3. The van der Waals surface area contributed by atoms with Crippen LogP contribution in [0.15, 0.2) is 12.2 Å². The van der Waals surface area contributed by atoms with E-state index in [1.54, 1.807) is 0 Å². The topological polar surface area (TPSA) is 66.4 Å². The first kappa shape index (κ1) is 27.9. The second kappa shape index (κ2) is 19.4. The minimum absolute atomic E-state index is 0. The van der Waals surface area contributed by atoms with E-state index in [4.69, 9.17) is 4.74 Å². The molecule has 0 spiro atoms. The second-order valence-corrected chi connectivity index (χ2v) is 7.36. The van der Waals surface area contributed by atoms with E-state index in [2.05, 4.69) is 20.4 Å².